The molecule has 1 heterocycles. The normalized spacial score (nSPS) is 11.0. The molecule has 7 heteroatoms. The van der Waals surface area contributed by atoms with Crippen molar-refractivity contribution in [2.45, 2.75) is 13.8 Å². The number of nitrogens with one attached hydrogen (secondary N) is 2. The fourth-order valence-corrected chi connectivity index (χ4v) is 2.99. The summed E-state index contributed by atoms with van der Waals surface area (Å²) < 4.78 is 0. The predicted octanol–water partition coefficient (Wildman–Crippen LogP) is 1.50. The number of nitrogens with two attached hydrogens (primary N) is 1. The van der Waals surface area contributed by atoms with E-state index < -0.39 is 0 Å². The molecule has 0 aromatic carbocycles. The van der Waals surface area contributed by atoms with Crippen LogP contribution in [-0.4, -0.2) is 50.8 Å². The van der Waals surface area contributed by atoms with E-state index >= 15 is 0 Å². The summed E-state index contributed by atoms with van der Waals surface area (Å²) in [6, 6.07) is 0. The summed E-state index contributed by atoms with van der Waals surface area (Å²) in [5.41, 5.74) is 6.66. The molecule has 0 saturated heterocycles. The van der Waals surface area contributed by atoms with Crippen molar-refractivity contribution in [1.82, 2.24) is 10.2 Å². The Morgan fingerprint density at radius 1 is 1.33 bits per heavy atom. The lowest BCUT2D eigenvalue weighted by Gasteiger charge is -2.11. The van der Waals surface area contributed by atoms with Crippen molar-refractivity contribution >= 4 is 33.7 Å². The van der Waals surface area contributed by atoms with Gasteiger partial charge in [0.2, 0.25) is 0 Å². The van der Waals surface area contributed by atoms with Crippen molar-refractivity contribution in [2.75, 3.05) is 45.3 Å². The number of nitrogen functional groups attached to an aromatic ring is 1. The lowest BCUT2D eigenvalue weighted by molar-refractivity contribution is 0.0944. The molecule has 0 unspecified atom stereocenters. The fraction of sp³-hybridized carbons (Fsp3) is 0.571. The van der Waals surface area contributed by atoms with Gasteiger partial charge in [-0.05, 0) is 14.1 Å². The number of carbonyl (C=O) groups excluding carboxylic acids is 2. The maximum Gasteiger partial charge on any atom is 0.256 e. The van der Waals surface area contributed by atoms with Gasteiger partial charge in [-0.2, -0.15) is 0 Å². The summed E-state index contributed by atoms with van der Waals surface area (Å²) in [6.45, 7) is 5.13. The Morgan fingerprint density at radius 3 is 2.43 bits per heavy atom. The van der Waals surface area contributed by atoms with Crippen molar-refractivity contribution in [3.8, 4) is 0 Å². The highest BCUT2D eigenvalue weighted by molar-refractivity contribution is 7.19. The molecular weight excluding hydrogens is 288 g/mol. The third-order valence-electron chi connectivity index (χ3n) is 2.99. The summed E-state index contributed by atoms with van der Waals surface area (Å²) in [6.07, 6.45) is 0. The number of Topliss-reactive ketones (excluding diaryl/α,β-unsaturated/α-hetero) is 1. The van der Waals surface area contributed by atoms with Crippen LogP contribution in [0.3, 0.4) is 0 Å². The highest BCUT2D eigenvalue weighted by Crippen LogP contribution is 2.37. The van der Waals surface area contributed by atoms with Gasteiger partial charge in [-0.25, -0.2) is 0 Å². The zero-order valence-corrected chi connectivity index (χ0v) is 14.1. The van der Waals surface area contributed by atoms with Gasteiger partial charge in [-0.1, -0.05) is 13.8 Å². The van der Waals surface area contributed by atoms with Crippen LogP contribution >= 0.6 is 11.3 Å². The number of hydrogen-bond donors (Lipinski definition) is 3. The minimum absolute atomic E-state index is 0.0386. The van der Waals surface area contributed by atoms with Crippen molar-refractivity contribution < 1.29 is 9.59 Å². The first-order valence-corrected chi connectivity index (χ1v) is 7.68. The molecule has 0 saturated carbocycles. The van der Waals surface area contributed by atoms with Crippen molar-refractivity contribution in [1.29, 1.82) is 0 Å². The first-order chi connectivity index (χ1) is 9.79. The zero-order chi connectivity index (χ0) is 16.2. The maximum absolute atomic E-state index is 12.2. The van der Waals surface area contributed by atoms with Crippen LogP contribution in [0.5, 0.6) is 0 Å². The van der Waals surface area contributed by atoms with E-state index in [0.717, 1.165) is 6.54 Å². The topological polar surface area (TPSA) is 87.5 Å². The number of anilines is 2. The molecule has 4 N–H and O–H groups in total. The van der Waals surface area contributed by atoms with Gasteiger partial charge in [-0.3, -0.25) is 9.59 Å². The maximum atomic E-state index is 12.2. The molecule has 0 aliphatic heterocycles. The lowest BCUT2D eigenvalue weighted by Crippen LogP contribution is -2.23. The van der Waals surface area contributed by atoms with Crippen molar-refractivity contribution in [3.05, 3.63) is 10.4 Å². The van der Waals surface area contributed by atoms with Crippen LogP contribution < -0.4 is 16.4 Å². The van der Waals surface area contributed by atoms with Crippen LogP contribution in [-0.2, 0) is 0 Å². The lowest BCUT2D eigenvalue weighted by atomic mass is 10.1. The first kappa shape index (κ1) is 17.5. The summed E-state index contributed by atoms with van der Waals surface area (Å²) in [5, 5.41) is 6.42. The Balaban J connectivity index is 3.12. The highest BCUT2D eigenvalue weighted by Gasteiger charge is 2.26. The molecule has 1 amide bonds. The molecule has 0 fully saturated rings. The number of ketones is 1. The molecule has 0 radical (unpaired) electrons. The second kappa shape index (κ2) is 7.42. The van der Waals surface area contributed by atoms with E-state index in [1.807, 2.05) is 32.8 Å². The minimum atomic E-state index is -0.279. The van der Waals surface area contributed by atoms with Crippen LogP contribution in [0.2, 0.25) is 0 Å². The molecule has 1 aromatic heterocycles. The molecule has 0 bridgehead atoms. The molecule has 0 spiro atoms. The van der Waals surface area contributed by atoms with E-state index in [-0.39, 0.29) is 23.3 Å². The van der Waals surface area contributed by atoms with Gasteiger partial charge in [0.05, 0.1) is 16.1 Å². The number of rotatable bonds is 7. The Hall–Kier alpha value is -1.60. The van der Waals surface area contributed by atoms with Crippen molar-refractivity contribution in [2.24, 2.45) is 5.92 Å². The third-order valence-corrected chi connectivity index (χ3v) is 4.17. The van der Waals surface area contributed by atoms with E-state index in [1.54, 1.807) is 7.05 Å². The van der Waals surface area contributed by atoms with Gasteiger partial charge < -0.3 is 21.3 Å². The number of thiophene rings is 1. The van der Waals surface area contributed by atoms with Gasteiger partial charge in [0.25, 0.3) is 5.91 Å². The van der Waals surface area contributed by atoms with E-state index in [0.29, 0.717) is 22.0 Å². The van der Waals surface area contributed by atoms with Gasteiger partial charge >= 0.3 is 0 Å². The average Bonchev–Trinajstić information content (AvgIpc) is 2.73. The molecule has 0 aliphatic rings. The monoisotopic (exact) mass is 312 g/mol. The second-order valence-electron chi connectivity index (χ2n) is 5.38. The standard InChI is InChI=1S/C14H24N4O2S/c1-8(2)11(19)12-10(15)9(13(20)16-3)14(21-12)17-6-7-18(4)5/h8,17H,6-7,15H2,1-5H3,(H,16,20). The van der Waals surface area contributed by atoms with Crippen LogP contribution in [0.15, 0.2) is 0 Å². The van der Waals surface area contributed by atoms with E-state index in [9.17, 15) is 9.59 Å². The van der Waals surface area contributed by atoms with Gasteiger partial charge in [0.15, 0.2) is 5.78 Å². The van der Waals surface area contributed by atoms with Gasteiger partial charge in [0.1, 0.15) is 5.00 Å². The Kier molecular flexibility index (Phi) is 6.17. The first-order valence-electron chi connectivity index (χ1n) is 6.86. The number of hydrogen-bond acceptors (Lipinski definition) is 6. The Labute approximate surface area is 129 Å². The van der Waals surface area contributed by atoms with E-state index in [4.69, 9.17) is 5.73 Å². The summed E-state index contributed by atoms with van der Waals surface area (Å²) in [4.78, 5) is 26.7. The smallest absolute Gasteiger partial charge is 0.256 e. The number of amides is 1. The number of likely N-dealkylation sites (N-methyl/N-ethyl adjacent to an activating group) is 1. The Bertz CT molecular complexity index is 523. The Morgan fingerprint density at radius 2 is 1.95 bits per heavy atom. The summed E-state index contributed by atoms with van der Waals surface area (Å²) >= 11 is 1.25. The van der Waals surface area contributed by atoms with Crippen LogP contribution in [0.1, 0.15) is 33.9 Å². The largest absolute Gasteiger partial charge is 0.397 e. The quantitative estimate of drug-likeness (QED) is 0.664. The molecule has 1 rings (SSSR count). The highest BCUT2D eigenvalue weighted by atomic mass is 32.1. The SMILES string of the molecule is CNC(=O)c1c(NCCN(C)C)sc(C(=O)C(C)C)c1N. The number of carbonyl (C=O) groups is 2. The fourth-order valence-electron chi connectivity index (χ4n) is 1.76. The van der Waals surface area contributed by atoms with Crippen LogP contribution in [0.25, 0.3) is 0 Å². The van der Waals surface area contributed by atoms with Crippen molar-refractivity contribution in [3.63, 3.8) is 0 Å². The molecule has 0 aliphatic carbocycles. The van der Waals surface area contributed by atoms with Gasteiger partial charge in [-0.15, -0.1) is 11.3 Å². The molecular formula is C14H24N4O2S. The van der Waals surface area contributed by atoms with Crippen LogP contribution in [0.4, 0.5) is 10.7 Å². The zero-order valence-electron chi connectivity index (χ0n) is 13.2. The predicted molar refractivity (Wildman–Crippen MR) is 88.3 cm³/mol. The van der Waals surface area contributed by atoms with Crippen LogP contribution in [0, 0.1) is 5.92 Å². The summed E-state index contributed by atoms with van der Waals surface area (Å²) in [7, 11) is 5.49. The third kappa shape index (κ3) is 4.18. The second-order valence-corrected chi connectivity index (χ2v) is 6.40. The minimum Gasteiger partial charge on any atom is -0.397 e. The molecule has 0 atom stereocenters. The summed E-state index contributed by atoms with van der Waals surface area (Å²) in [5.74, 6) is -0.472. The molecule has 21 heavy (non-hydrogen) atoms. The van der Waals surface area contributed by atoms with E-state index in [1.165, 1.54) is 11.3 Å². The number of nitrogens with zero attached hydrogens (tertiary/aromatic N) is 1. The molecule has 1 aromatic rings. The van der Waals surface area contributed by atoms with Gasteiger partial charge in [0, 0.05) is 26.1 Å². The van der Waals surface area contributed by atoms with E-state index in [2.05, 4.69) is 10.6 Å². The molecule has 6 nitrogen and oxygen atoms in total. The average molecular weight is 312 g/mol. The molecule has 118 valence electrons.